The SMILES string of the molecule is CC.Cc1cn(-c2cc(F)cc(F)c2)c2ncnc(Cl)c12. The van der Waals surface area contributed by atoms with Gasteiger partial charge in [0.15, 0.2) is 0 Å². The lowest BCUT2D eigenvalue weighted by atomic mass is 10.3. The van der Waals surface area contributed by atoms with Crippen molar-refractivity contribution in [2.24, 2.45) is 0 Å². The molecule has 0 saturated carbocycles. The van der Waals surface area contributed by atoms with E-state index in [0.29, 0.717) is 21.9 Å². The average Bonchev–Trinajstić information content (AvgIpc) is 2.79. The minimum absolute atomic E-state index is 0.318. The first kappa shape index (κ1) is 15.4. The van der Waals surface area contributed by atoms with Crippen molar-refractivity contribution in [1.82, 2.24) is 14.5 Å². The van der Waals surface area contributed by atoms with Crippen LogP contribution in [0.1, 0.15) is 19.4 Å². The summed E-state index contributed by atoms with van der Waals surface area (Å²) < 4.78 is 28.2. The van der Waals surface area contributed by atoms with Gasteiger partial charge in [-0.1, -0.05) is 25.4 Å². The number of hydrogen-bond acceptors (Lipinski definition) is 2. The smallest absolute Gasteiger partial charge is 0.149 e. The number of fused-ring (bicyclic) bond motifs is 1. The van der Waals surface area contributed by atoms with Gasteiger partial charge in [-0.25, -0.2) is 18.7 Å². The van der Waals surface area contributed by atoms with E-state index < -0.39 is 11.6 Å². The summed E-state index contributed by atoms with van der Waals surface area (Å²) >= 11 is 6.01. The molecule has 21 heavy (non-hydrogen) atoms. The molecule has 3 nitrogen and oxygen atoms in total. The van der Waals surface area contributed by atoms with Gasteiger partial charge in [0.05, 0.1) is 11.1 Å². The summed E-state index contributed by atoms with van der Waals surface area (Å²) in [6.07, 6.45) is 3.04. The van der Waals surface area contributed by atoms with Crippen LogP contribution in [0.4, 0.5) is 8.78 Å². The second-order valence-corrected chi connectivity index (χ2v) is 4.53. The maximum atomic E-state index is 13.3. The third-order valence-corrected chi connectivity index (χ3v) is 3.14. The molecule has 0 amide bonds. The van der Waals surface area contributed by atoms with Gasteiger partial charge < -0.3 is 4.57 Å². The van der Waals surface area contributed by atoms with Crippen molar-refractivity contribution in [2.75, 3.05) is 0 Å². The molecule has 0 N–H and O–H groups in total. The number of hydrogen-bond donors (Lipinski definition) is 0. The van der Waals surface area contributed by atoms with Crippen LogP contribution in [0.2, 0.25) is 5.15 Å². The molecule has 6 heteroatoms. The van der Waals surface area contributed by atoms with Crippen LogP contribution in [0.15, 0.2) is 30.7 Å². The lowest BCUT2D eigenvalue weighted by Crippen LogP contribution is -1.96. The van der Waals surface area contributed by atoms with E-state index in [-0.39, 0.29) is 0 Å². The summed E-state index contributed by atoms with van der Waals surface area (Å²) in [5.74, 6) is -1.29. The van der Waals surface area contributed by atoms with E-state index in [1.54, 1.807) is 10.8 Å². The van der Waals surface area contributed by atoms with Crippen molar-refractivity contribution in [3.63, 3.8) is 0 Å². The Morgan fingerprint density at radius 2 is 1.67 bits per heavy atom. The van der Waals surface area contributed by atoms with E-state index in [0.717, 1.165) is 11.6 Å². The highest BCUT2D eigenvalue weighted by atomic mass is 35.5. The molecule has 1 aromatic carbocycles. The van der Waals surface area contributed by atoms with Crippen molar-refractivity contribution in [2.45, 2.75) is 20.8 Å². The number of benzene rings is 1. The molecule has 2 aromatic heterocycles. The van der Waals surface area contributed by atoms with E-state index in [2.05, 4.69) is 9.97 Å². The maximum Gasteiger partial charge on any atom is 0.149 e. The van der Waals surface area contributed by atoms with E-state index in [9.17, 15) is 8.78 Å². The number of nitrogens with zero attached hydrogens (tertiary/aromatic N) is 3. The number of rotatable bonds is 1. The monoisotopic (exact) mass is 309 g/mol. The van der Waals surface area contributed by atoms with E-state index >= 15 is 0 Å². The minimum Gasteiger partial charge on any atom is -0.301 e. The molecule has 0 saturated heterocycles. The minimum atomic E-state index is -0.644. The third-order valence-electron chi connectivity index (χ3n) is 2.85. The molecular formula is C15H14ClF2N3. The molecule has 0 spiro atoms. The van der Waals surface area contributed by atoms with Crippen molar-refractivity contribution < 1.29 is 8.78 Å². The molecule has 0 aliphatic rings. The molecular weight excluding hydrogens is 296 g/mol. The highest BCUT2D eigenvalue weighted by Crippen LogP contribution is 2.27. The molecule has 0 aliphatic carbocycles. The Labute approximate surface area is 126 Å². The Morgan fingerprint density at radius 3 is 2.29 bits per heavy atom. The van der Waals surface area contributed by atoms with Crippen molar-refractivity contribution in [1.29, 1.82) is 0 Å². The normalized spacial score (nSPS) is 10.4. The van der Waals surface area contributed by atoms with Crippen LogP contribution < -0.4 is 0 Å². The standard InChI is InChI=1S/C13H8ClF2N3.C2H6/c1-7-5-19(10-3-8(15)2-9(16)4-10)13-11(7)12(14)17-6-18-13;1-2/h2-6H,1H3;1-2H3. The van der Waals surface area contributed by atoms with Crippen LogP contribution in [0.3, 0.4) is 0 Å². The van der Waals surface area contributed by atoms with Gasteiger partial charge in [0.25, 0.3) is 0 Å². The maximum absolute atomic E-state index is 13.3. The largest absolute Gasteiger partial charge is 0.301 e. The first-order valence-electron chi connectivity index (χ1n) is 6.51. The summed E-state index contributed by atoms with van der Waals surface area (Å²) in [5.41, 5.74) is 1.71. The molecule has 110 valence electrons. The highest BCUT2D eigenvalue weighted by Gasteiger charge is 2.13. The predicted octanol–water partition coefficient (Wildman–Crippen LogP) is 4.69. The van der Waals surface area contributed by atoms with Gasteiger partial charge in [0, 0.05) is 12.3 Å². The summed E-state index contributed by atoms with van der Waals surface area (Å²) in [7, 11) is 0. The Kier molecular flexibility index (Phi) is 4.53. The number of aromatic nitrogens is 3. The van der Waals surface area contributed by atoms with Gasteiger partial charge in [-0.05, 0) is 24.6 Å². The van der Waals surface area contributed by atoms with E-state index in [1.807, 2.05) is 20.8 Å². The Bertz CT molecular complexity index is 764. The average molecular weight is 310 g/mol. The molecule has 0 unspecified atom stereocenters. The van der Waals surface area contributed by atoms with Gasteiger partial charge in [-0.2, -0.15) is 0 Å². The number of aryl methyl sites for hydroxylation is 1. The molecule has 0 fully saturated rings. The molecule has 2 heterocycles. The second-order valence-electron chi connectivity index (χ2n) is 4.17. The summed E-state index contributed by atoms with van der Waals surface area (Å²) in [5, 5.41) is 0.993. The van der Waals surface area contributed by atoms with Gasteiger partial charge in [0.2, 0.25) is 0 Å². The van der Waals surface area contributed by atoms with Gasteiger partial charge in [0.1, 0.15) is 28.8 Å². The van der Waals surface area contributed by atoms with Crippen LogP contribution in [0, 0.1) is 18.6 Å². The lowest BCUT2D eigenvalue weighted by Gasteiger charge is -2.05. The summed E-state index contributed by atoms with van der Waals surface area (Å²) in [6.45, 7) is 5.84. The van der Waals surface area contributed by atoms with Crippen LogP contribution in [-0.4, -0.2) is 14.5 Å². The van der Waals surface area contributed by atoms with Crippen molar-refractivity contribution in [3.05, 3.63) is 53.1 Å². The molecule has 3 aromatic rings. The molecule has 0 atom stereocenters. The fourth-order valence-corrected chi connectivity index (χ4v) is 2.35. The number of halogens is 3. The van der Waals surface area contributed by atoms with Crippen LogP contribution in [0.25, 0.3) is 16.7 Å². The molecule has 3 rings (SSSR count). The summed E-state index contributed by atoms with van der Waals surface area (Å²) in [4.78, 5) is 8.02. The zero-order valence-electron chi connectivity index (χ0n) is 11.9. The van der Waals surface area contributed by atoms with E-state index in [1.165, 1.54) is 18.5 Å². The summed E-state index contributed by atoms with van der Waals surface area (Å²) in [6, 6.07) is 3.29. The predicted molar refractivity (Wildman–Crippen MR) is 79.9 cm³/mol. The third kappa shape index (κ3) is 2.88. The molecule has 0 radical (unpaired) electrons. The lowest BCUT2D eigenvalue weighted by molar-refractivity contribution is 0.582. The van der Waals surface area contributed by atoms with Gasteiger partial charge in [-0.15, -0.1) is 0 Å². The van der Waals surface area contributed by atoms with Crippen LogP contribution >= 0.6 is 11.6 Å². The fraction of sp³-hybridized carbons (Fsp3) is 0.200. The molecule has 0 bridgehead atoms. The van der Waals surface area contributed by atoms with Gasteiger partial charge >= 0.3 is 0 Å². The second kappa shape index (κ2) is 6.18. The fourth-order valence-electron chi connectivity index (χ4n) is 2.07. The Balaban J connectivity index is 0.000000774. The van der Waals surface area contributed by atoms with Crippen molar-refractivity contribution >= 4 is 22.6 Å². The zero-order valence-corrected chi connectivity index (χ0v) is 12.6. The highest BCUT2D eigenvalue weighted by molar-refractivity contribution is 6.34. The Hall–Kier alpha value is -2.01. The van der Waals surface area contributed by atoms with Crippen molar-refractivity contribution in [3.8, 4) is 5.69 Å². The Morgan fingerprint density at radius 1 is 1.05 bits per heavy atom. The van der Waals surface area contributed by atoms with Gasteiger partial charge in [-0.3, -0.25) is 0 Å². The topological polar surface area (TPSA) is 30.7 Å². The van der Waals surface area contributed by atoms with Crippen LogP contribution in [-0.2, 0) is 0 Å². The molecule has 0 aliphatic heterocycles. The van der Waals surface area contributed by atoms with E-state index in [4.69, 9.17) is 11.6 Å². The quantitative estimate of drug-likeness (QED) is 0.611. The van der Waals surface area contributed by atoms with Crippen LogP contribution in [0.5, 0.6) is 0 Å². The first-order chi connectivity index (χ1) is 10.1. The zero-order chi connectivity index (χ0) is 15.6. The first-order valence-corrected chi connectivity index (χ1v) is 6.88.